The molecule has 6 aromatic heterocycles. The summed E-state index contributed by atoms with van der Waals surface area (Å²) in [6.45, 7) is 43.0. The number of nitriles is 2. The summed E-state index contributed by atoms with van der Waals surface area (Å²) in [5.74, 6) is -1.44. The third-order valence-electron chi connectivity index (χ3n) is 16.1. The van der Waals surface area contributed by atoms with Crippen molar-refractivity contribution in [3.05, 3.63) is 151 Å². The van der Waals surface area contributed by atoms with Gasteiger partial charge in [-0.1, -0.05) is 162 Å². The minimum absolute atomic E-state index is 0. The maximum absolute atomic E-state index is 14.0. The summed E-state index contributed by atoms with van der Waals surface area (Å²) >= 11 is 18.7. The molecule has 3 N–H and O–H groups in total. The number of nitrogens with zero attached hydrogens (tertiary/aromatic N) is 12. The molecule has 8 aromatic rings. The maximum atomic E-state index is 14.0. The van der Waals surface area contributed by atoms with Gasteiger partial charge in [-0.05, 0) is 128 Å². The monoisotopic (exact) mass is 1440 g/mol. The topological polar surface area (TPSA) is 208 Å². The number of alkyl halides is 1. The predicted octanol–water partition coefficient (Wildman–Crippen LogP) is 16.6. The summed E-state index contributed by atoms with van der Waals surface area (Å²) in [6.07, 6.45) is 11.3. The van der Waals surface area contributed by atoms with Gasteiger partial charge in [0.05, 0.1) is 60.7 Å². The molecule has 1 aliphatic rings. The van der Waals surface area contributed by atoms with Crippen LogP contribution in [-0.4, -0.2) is 123 Å². The summed E-state index contributed by atoms with van der Waals surface area (Å²) in [5.41, 5.74) is 11.4. The number of rotatable bonds is 19. The number of hydrogen-bond acceptors (Lipinski definition) is 13. The van der Waals surface area contributed by atoms with Gasteiger partial charge in [-0.3, -0.25) is 14.6 Å². The molecular weight excluding hydrogens is 1350 g/mol. The first-order valence-corrected chi connectivity index (χ1v) is 49.9. The average molecular weight is 1450 g/mol. The van der Waals surface area contributed by atoms with Crippen LogP contribution in [0.5, 0.6) is 0 Å². The quantitative estimate of drug-likeness (QED) is 0.0299. The van der Waals surface area contributed by atoms with Crippen LogP contribution in [0.1, 0.15) is 141 Å². The van der Waals surface area contributed by atoms with Crippen molar-refractivity contribution in [1.29, 1.82) is 14.9 Å². The average Bonchev–Trinajstić information content (AvgIpc) is 1.47. The zero-order chi connectivity index (χ0) is 68.3. The van der Waals surface area contributed by atoms with Gasteiger partial charge in [0.15, 0.2) is 0 Å². The first-order chi connectivity index (χ1) is 43.1. The van der Waals surface area contributed by atoms with Crippen molar-refractivity contribution >= 4 is 127 Å². The van der Waals surface area contributed by atoms with Gasteiger partial charge in [0.2, 0.25) is 11.9 Å². The molecule has 0 unspecified atom stereocenters. The van der Waals surface area contributed by atoms with E-state index in [-0.39, 0.29) is 38.4 Å². The van der Waals surface area contributed by atoms with E-state index in [4.69, 9.17) is 27.5 Å². The van der Waals surface area contributed by atoms with Gasteiger partial charge < -0.3 is 10.6 Å². The summed E-state index contributed by atoms with van der Waals surface area (Å²) in [7, 11) is -2.77. The molecule has 0 bridgehead atoms. The fourth-order valence-corrected chi connectivity index (χ4v) is 116. The van der Waals surface area contributed by atoms with Crippen molar-refractivity contribution in [2.45, 2.75) is 184 Å². The number of anilines is 2. The number of pyridine rings is 4. The molecule has 0 fully saturated rings. The Hall–Kier alpha value is -5.40. The van der Waals surface area contributed by atoms with E-state index in [1.165, 1.54) is 12.1 Å². The van der Waals surface area contributed by atoms with Crippen LogP contribution in [0.15, 0.2) is 67.1 Å². The zero-order valence-corrected chi connectivity index (χ0v) is 65.9. The molecule has 0 amide bonds. The Morgan fingerprint density at radius 1 is 0.688 bits per heavy atom. The van der Waals surface area contributed by atoms with Crippen LogP contribution in [0, 0.1) is 63.6 Å². The second-order valence-corrected chi connectivity index (χ2v) is 72.3. The van der Waals surface area contributed by atoms with Crippen LogP contribution in [0.25, 0.3) is 21.8 Å². The van der Waals surface area contributed by atoms with Gasteiger partial charge >= 0.3 is 20.4 Å². The molecule has 26 heteroatoms. The Morgan fingerprint density at radius 2 is 1.15 bits per heavy atom. The normalized spacial score (nSPS) is 13.2. The number of benzene rings is 2. The molecule has 2 atom stereocenters. The number of aryl methyl sites for hydroxylation is 4. The number of halogens is 5. The fraction of sp³-hybridized carbons (Fsp3) is 0.493. The van der Waals surface area contributed by atoms with Crippen molar-refractivity contribution in [3.8, 4) is 12.1 Å². The number of hydrogen-bond donors (Lipinski definition) is 3. The van der Waals surface area contributed by atoms with Crippen molar-refractivity contribution in [2.24, 2.45) is 10.8 Å². The summed E-state index contributed by atoms with van der Waals surface area (Å²) < 4.78 is 37.4. The van der Waals surface area contributed by atoms with E-state index < -0.39 is 34.7 Å². The molecular formula is C67H92AlBBrCl2F2N15Si4. The molecule has 1 aliphatic heterocycles. The predicted molar refractivity (Wildman–Crippen MR) is 395 cm³/mol. The number of nitrogens with one attached hydrogen (secondary N) is 3. The minimum atomic E-state index is -0.795. The zero-order valence-electron chi connectivity index (χ0n) is 57.5. The van der Waals surface area contributed by atoms with Crippen molar-refractivity contribution < 1.29 is 8.78 Å². The molecule has 492 valence electrons. The van der Waals surface area contributed by atoms with Gasteiger partial charge in [-0.25, -0.2) is 14.6 Å². The van der Waals surface area contributed by atoms with Gasteiger partial charge in [0.25, 0.3) is 0 Å². The summed E-state index contributed by atoms with van der Waals surface area (Å²) in [5, 5.41) is 48.0. The Balaban J connectivity index is 0.000000275. The van der Waals surface area contributed by atoms with Crippen LogP contribution < -0.4 is 10.6 Å². The van der Waals surface area contributed by atoms with Gasteiger partial charge in [-0.2, -0.15) is 19.3 Å². The Labute approximate surface area is 583 Å². The number of aromatic nitrogens is 10. The standard InChI is InChI=1S/C29H32BrClFN7.C29H31ClFN7.C9H28Si4.Al.B.HN/c1-18-21(7-8-26(32)36-18)22(25-16-39(38-37-25)10-6-5-9-30)11-19-12-23-27(35-17-29(2,3)4)20(14-33)15-34-28(23)24(31)13-19;1-17-20(8-9-25(31)35-17)21(28-24-7-5-6-10-38(24)37-36-28)11-18-12-22-26(34-16-29(2,3)4)19(14-32)15-33-27(22)23(30)13-18;1-11(2,3)10(12(4,5)6)13(7,8)9;;;/h7-8,12-13,15-16,22H,5-6,9-11,17H2,1-4H3,(H,34,35);8-9,12-13,15,21H,5-7,10-11,16H2,1-4H3,(H,33,34);10H,1-9H3;;;1H/t22-;21-;;;;/m00..../s1. The molecule has 0 saturated carbocycles. The van der Waals surface area contributed by atoms with Crippen LogP contribution >= 0.6 is 39.1 Å². The second kappa shape index (κ2) is 33.5. The Morgan fingerprint density at radius 3 is 1.57 bits per heavy atom. The molecule has 9 rings (SSSR count). The van der Waals surface area contributed by atoms with Crippen LogP contribution in [0.2, 0.25) is 69.0 Å². The number of fused-ring (bicyclic) bond motifs is 3. The molecule has 0 spiro atoms. The van der Waals surface area contributed by atoms with E-state index in [0.717, 1.165) is 112 Å². The SMILES string of the molecule is C[Si](C)(C)[SiH]([Si](C)(C)C)[Si](C)(C)C.Cc1nc(F)ccc1[C@H](Cc1cc(Cl)c2ncc(C#N)c(NCC(C)(C)C)c2c1)c1cn(CCCCBr)nn1.Cc1nc(F)ccc1[C@H](Cc1cc(Cl)c2ncc(C#N)c(NCC(C)(C)C)c2c1)c1nnn2c1CCCC2.[B].[NH]=[Al]. The number of unbranched alkanes of at least 4 members (excludes halogenated alkanes) is 1. The van der Waals surface area contributed by atoms with E-state index >= 15 is 0 Å². The molecule has 4 radical (unpaired) electrons. The first-order valence-electron chi connectivity index (χ1n) is 31.5. The van der Waals surface area contributed by atoms with E-state index in [0.29, 0.717) is 69.5 Å². The fourth-order valence-electron chi connectivity index (χ4n) is 13.6. The van der Waals surface area contributed by atoms with E-state index in [9.17, 15) is 19.3 Å². The third kappa shape index (κ3) is 21.3. The summed E-state index contributed by atoms with van der Waals surface area (Å²) in [6, 6.07) is 18.8. The Bertz CT molecular complexity index is 3910. The van der Waals surface area contributed by atoms with Crippen molar-refractivity contribution in [1.82, 2.24) is 49.9 Å². The van der Waals surface area contributed by atoms with Gasteiger partial charge in [-0.15, -0.1) is 10.2 Å². The van der Waals surface area contributed by atoms with Gasteiger partial charge in [0, 0.05) is 123 Å². The molecule has 15 nitrogen and oxygen atoms in total. The van der Waals surface area contributed by atoms with Crippen LogP contribution in [-0.2, 0) is 32.4 Å². The molecule has 0 aliphatic carbocycles. The first kappa shape index (κ1) is 78.3. The van der Waals surface area contributed by atoms with Crippen molar-refractivity contribution in [3.63, 3.8) is 0 Å². The van der Waals surface area contributed by atoms with E-state index in [2.05, 4.69) is 186 Å². The third-order valence-corrected chi connectivity index (χ3v) is 84.8. The molecule has 0 saturated heterocycles. The molecule has 7 heterocycles. The Kier molecular flexibility index (Phi) is 28.2. The van der Waals surface area contributed by atoms with E-state index in [1.54, 1.807) is 47.5 Å². The van der Waals surface area contributed by atoms with Crippen molar-refractivity contribution in [2.75, 3.05) is 29.1 Å². The van der Waals surface area contributed by atoms with Crippen LogP contribution in [0.4, 0.5) is 20.2 Å². The second-order valence-electron chi connectivity index (χ2n) is 29.7. The molecule has 2 aromatic carbocycles. The van der Waals surface area contributed by atoms with Gasteiger partial charge in [0.1, 0.15) is 12.1 Å². The van der Waals surface area contributed by atoms with Crippen LogP contribution in [0.3, 0.4) is 0 Å². The molecule has 93 heavy (non-hydrogen) atoms. The van der Waals surface area contributed by atoms with E-state index in [1.807, 2.05) is 40.7 Å². The summed E-state index contributed by atoms with van der Waals surface area (Å²) in [4.78, 5) is 17.2.